The monoisotopic (exact) mass is 379 g/mol. The summed E-state index contributed by atoms with van der Waals surface area (Å²) in [5.74, 6) is 1.31. The molecule has 2 N–H and O–H groups in total. The number of methoxy groups -OCH3 is 1. The Balaban J connectivity index is 1.39. The summed E-state index contributed by atoms with van der Waals surface area (Å²) in [5.41, 5.74) is 1.75. The molecule has 0 aliphatic rings. The Labute approximate surface area is 159 Å². The standard InChI is InChI=1S/C19H17N5O2S/c1-26-14-8-4-2-6-12(14)18-22-19(24-23-18)21-16(25)10-11-17-20-13-7-3-5-9-15(13)27-17/h2-9H,10-11H2,1H3,(H2,21,22,23,24,25). The lowest BCUT2D eigenvalue weighted by atomic mass is 10.2. The van der Waals surface area contributed by atoms with E-state index in [1.807, 2.05) is 48.5 Å². The van der Waals surface area contributed by atoms with E-state index in [0.29, 0.717) is 24.4 Å². The summed E-state index contributed by atoms with van der Waals surface area (Å²) >= 11 is 1.61. The molecule has 136 valence electrons. The van der Waals surface area contributed by atoms with Gasteiger partial charge < -0.3 is 4.74 Å². The minimum atomic E-state index is -0.153. The molecule has 0 saturated heterocycles. The number of carbonyl (C=O) groups excluding carboxylic acids is 1. The van der Waals surface area contributed by atoms with Gasteiger partial charge in [-0.15, -0.1) is 16.4 Å². The third-order valence-electron chi connectivity index (χ3n) is 4.00. The van der Waals surface area contributed by atoms with Crippen molar-refractivity contribution in [1.29, 1.82) is 0 Å². The maximum atomic E-state index is 12.2. The molecular formula is C19H17N5O2S. The van der Waals surface area contributed by atoms with Gasteiger partial charge in [0.2, 0.25) is 11.9 Å². The second-order valence-corrected chi connectivity index (χ2v) is 6.95. The van der Waals surface area contributed by atoms with Crippen LogP contribution in [-0.2, 0) is 11.2 Å². The summed E-state index contributed by atoms with van der Waals surface area (Å²) < 4.78 is 6.45. The lowest BCUT2D eigenvalue weighted by Crippen LogP contribution is -2.13. The Morgan fingerprint density at radius 2 is 1.96 bits per heavy atom. The molecule has 8 heteroatoms. The number of aromatic amines is 1. The topological polar surface area (TPSA) is 92.8 Å². The number of nitrogens with zero attached hydrogens (tertiary/aromatic N) is 3. The maximum Gasteiger partial charge on any atom is 0.249 e. The number of thiazole rings is 1. The molecule has 0 saturated carbocycles. The number of hydrogen-bond acceptors (Lipinski definition) is 6. The molecule has 0 radical (unpaired) electrons. The number of para-hydroxylation sites is 2. The molecule has 27 heavy (non-hydrogen) atoms. The van der Waals surface area contributed by atoms with Crippen molar-refractivity contribution in [2.24, 2.45) is 0 Å². The zero-order valence-corrected chi connectivity index (χ0v) is 15.4. The van der Waals surface area contributed by atoms with Gasteiger partial charge >= 0.3 is 0 Å². The lowest BCUT2D eigenvalue weighted by Gasteiger charge is -2.04. The molecule has 2 heterocycles. The normalized spacial score (nSPS) is 10.9. The molecule has 4 aromatic rings. The largest absolute Gasteiger partial charge is 0.496 e. The first-order chi connectivity index (χ1) is 13.2. The Hall–Kier alpha value is -3.26. The smallest absolute Gasteiger partial charge is 0.249 e. The number of rotatable bonds is 6. The average molecular weight is 379 g/mol. The van der Waals surface area contributed by atoms with Gasteiger partial charge in [0.05, 0.1) is 27.9 Å². The zero-order valence-electron chi connectivity index (χ0n) is 14.6. The van der Waals surface area contributed by atoms with Crippen molar-refractivity contribution in [3.05, 3.63) is 53.5 Å². The quantitative estimate of drug-likeness (QED) is 0.533. The molecule has 1 amide bonds. The van der Waals surface area contributed by atoms with E-state index in [-0.39, 0.29) is 11.9 Å². The van der Waals surface area contributed by atoms with Crippen molar-refractivity contribution >= 4 is 33.4 Å². The van der Waals surface area contributed by atoms with Crippen molar-refractivity contribution in [2.45, 2.75) is 12.8 Å². The number of H-pyrrole nitrogens is 1. The molecule has 2 aromatic carbocycles. The van der Waals surface area contributed by atoms with Crippen LogP contribution in [0.1, 0.15) is 11.4 Å². The van der Waals surface area contributed by atoms with Crippen LogP contribution in [0.25, 0.3) is 21.6 Å². The summed E-state index contributed by atoms with van der Waals surface area (Å²) in [6.45, 7) is 0. The van der Waals surface area contributed by atoms with Crippen molar-refractivity contribution in [1.82, 2.24) is 20.2 Å². The number of carbonyl (C=O) groups is 1. The zero-order chi connectivity index (χ0) is 18.6. The highest BCUT2D eigenvalue weighted by Crippen LogP contribution is 2.27. The van der Waals surface area contributed by atoms with E-state index in [0.717, 1.165) is 20.8 Å². The first-order valence-electron chi connectivity index (χ1n) is 8.43. The number of aryl methyl sites for hydroxylation is 1. The third kappa shape index (κ3) is 3.80. The van der Waals surface area contributed by atoms with Crippen molar-refractivity contribution < 1.29 is 9.53 Å². The van der Waals surface area contributed by atoms with Crippen molar-refractivity contribution in [3.8, 4) is 17.1 Å². The Bertz CT molecular complexity index is 1060. The first-order valence-corrected chi connectivity index (χ1v) is 9.24. The van der Waals surface area contributed by atoms with Gasteiger partial charge in [0.1, 0.15) is 5.75 Å². The number of anilines is 1. The van der Waals surface area contributed by atoms with Crippen LogP contribution in [0.5, 0.6) is 5.75 Å². The van der Waals surface area contributed by atoms with E-state index in [9.17, 15) is 4.79 Å². The van der Waals surface area contributed by atoms with Gasteiger partial charge in [-0.1, -0.05) is 24.3 Å². The van der Waals surface area contributed by atoms with Gasteiger partial charge in [0.25, 0.3) is 0 Å². The number of hydrogen-bond donors (Lipinski definition) is 2. The summed E-state index contributed by atoms with van der Waals surface area (Å²) in [4.78, 5) is 21.1. The molecule has 0 unspecified atom stereocenters. The SMILES string of the molecule is COc1ccccc1-c1nc(NC(=O)CCc2nc3ccccc3s2)n[nH]1. The van der Waals surface area contributed by atoms with E-state index < -0.39 is 0 Å². The minimum absolute atomic E-state index is 0.153. The highest BCUT2D eigenvalue weighted by molar-refractivity contribution is 7.18. The minimum Gasteiger partial charge on any atom is -0.496 e. The summed E-state index contributed by atoms with van der Waals surface area (Å²) in [6.07, 6.45) is 0.896. The van der Waals surface area contributed by atoms with E-state index in [1.165, 1.54) is 0 Å². The predicted molar refractivity (Wildman–Crippen MR) is 105 cm³/mol. The van der Waals surface area contributed by atoms with Crippen molar-refractivity contribution in [3.63, 3.8) is 0 Å². The number of fused-ring (bicyclic) bond motifs is 1. The van der Waals surface area contributed by atoms with Crippen molar-refractivity contribution in [2.75, 3.05) is 12.4 Å². The molecule has 0 bridgehead atoms. The predicted octanol–water partition coefficient (Wildman–Crippen LogP) is 3.66. The third-order valence-corrected chi connectivity index (χ3v) is 5.10. The van der Waals surface area contributed by atoms with Crippen LogP contribution in [-0.4, -0.2) is 33.2 Å². The summed E-state index contributed by atoms with van der Waals surface area (Å²) in [7, 11) is 1.60. The molecular weight excluding hydrogens is 362 g/mol. The van der Waals surface area contributed by atoms with Crippen LogP contribution in [0.15, 0.2) is 48.5 Å². The number of aromatic nitrogens is 4. The van der Waals surface area contributed by atoms with Crippen LogP contribution >= 0.6 is 11.3 Å². The molecule has 4 rings (SSSR count). The molecule has 0 fully saturated rings. The highest BCUT2D eigenvalue weighted by atomic mass is 32.1. The van der Waals surface area contributed by atoms with Crippen LogP contribution in [0.3, 0.4) is 0 Å². The fourth-order valence-corrected chi connectivity index (χ4v) is 3.68. The van der Waals surface area contributed by atoms with Gasteiger partial charge in [-0.3, -0.25) is 15.2 Å². The number of amides is 1. The average Bonchev–Trinajstić information content (AvgIpc) is 3.32. The van der Waals surface area contributed by atoms with Crippen LogP contribution < -0.4 is 10.1 Å². The maximum absolute atomic E-state index is 12.2. The number of benzene rings is 2. The summed E-state index contributed by atoms with van der Waals surface area (Å²) in [5, 5.41) is 10.5. The second-order valence-electron chi connectivity index (χ2n) is 5.83. The van der Waals surface area contributed by atoms with E-state index in [2.05, 4.69) is 25.5 Å². The molecule has 0 aliphatic heterocycles. The lowest BCUT2D eigenvalue weighted by molar-refractivity contribution is -0.116. The number of ether oxygens (including phenoxy) is 1. The molecule has 2 aromatic heterocycles. The molecule has 0 aliphatic carbocycles. The highest BCUT2D eigenvalue weighted by Gasteiger charge is 2.13. The fourth-order valence-electron chi connectivity index (χ4n) is 2.71. The van der Waals surface area contributed by atoms with Gasteiger partial charge in [0, 0.05) is 12.8 Å². The van der Waals surface area contributed by atoms with Crippen LogP contribution in [0.4, 0.5) is 5.95 Å². The Kier molecular flexibility index (Phi) is 4.80. The molecule has 0 spiro atoms. The van der Waals surface area contributed by atoms with E-state index >= 15 is 0 Å². The number of nitrogens with one attached hydrogen (secondary N) is 2. The van der Waals surface area contributed by atoms with Crippen LogP contribution in [0, 0.1) is 0 Å². The van der Waals surface area contributed by atoms with Gasteiger partial charge in [0.15, 0.2) is 5.82 Å². The van der Waals surface area contributed by atoms with Gasteiger partial charge in [-0.05, 0) is 24.3 Å². The fraction of sp³-hybridized carbons (Fsp3) is 0.158. The molecule has 7 nitrogen and oxygen atoms in total. The Morgan fingerprint density at radius 3 is 2.81 bits per heavy atom. The van der Waals surface area contributed by atoms with E-state index in [1.54, 1.807) is 18.4 Å². The summed E-state index contributed by atoms with van der Waals surface area (Å²) in [6, 6.07) is 15.4. The molecule has 0 atom stereocenters. The second kappa shape index (κ2) is 7.55. The van der Waals surface area contributed by atoms with Crippen LogP contribution in [0.2, 0.25) is 0 Å². The van der Waals surface area contributed by atoms with Gasteiger partial charge in [-0.25, -0.2) is 4.98 Å². The Morgan fingerprint density at radius 1 is 1.15 bits per heavy atom. The first kappa shape index (κ1) is 17.2. The van der Waals surface area contributed by atoms with E-state index in [4.69, 9.17) is 4.74 Å². The van der Waals surface area contributed by atoms with Gasteiger partial charge in [-0.2, -0.15) is 4.98 Å².